The van der Waals surface area contributed by atoms with Crippen LogP contribution in [0.1, 0.15) is 12.0 Å². The lowest BCUT2D eigenvalue weighted by molar-refractivity contribution is -0.117. The fraction of sp³-hybridized carbons (Fsp3) is 0.167. The normalized spacial score (nSPS) is 11.9. The molecule has 7 nitrogen and oxygen atoms in total. The number of aliphatic hydroxyl groups excluding tert-OH is 1. The highest BCUT2D eigenvalue weighted by molar-refractivity contribution is 7.22. The number of nitrogen functional groups attached to an aromatic ring is 1. The molecule has 140 valence electrons. The number of hydrogen-bond donors (Lipinski definition) is 5. The molecule has 9 heteroatoms. The molecule has 3 rings (SSSR count). The maximum Gasteiger partial charge on any atom is 0.248 e. The van der Waals surface area contributed by atoms with E-state index in [1.54, 1.807) is 36.4 Å². The summed E-state index contributed by atoms with van der Waals surface area (Å²) in [5.74, 6) is -0.317. The van der Waals surface area contributed by atoms with Crippen molar-refractivity contribution in [1.82, 2.24) is 4.98 Å². The number of anilines is 3. The molecule has 6 N–H and O–H groups in total. The fourth-order valence-corrected chi connectivity index (χ4v) is 3.69. The minimum absolute atomic E-state index is 0.146. The van der Waals surface area contributed by atoms with E-state index in [0.29, 0.717) is 26.9 Å². The summed E-state index contributed by atoms with van der Waals surface area (Å²) in [6.07, 6.45) is 1.41. The molecule has 0 saturated carbocycles. The molecule has 1 heterocycles. The monoisotopic (exact) mass is 403 g/mol. The third-order valence-corrected chi connectivity index (χ3v) is 5.20. The van der Waals surface area contributed by atoms with Gasteiger partial charge >= 0.3 is 0 Å². The van der Waals surface area contributed by atoms with E-state index in [9.17, 15) is 9.90 Å². The standard InChI is InChI=1S/C18H18ClN5O2S/c19-10-1-3-11(4-2-10)22-15(7-8-25)17(26)24-18-23-14-6-5-13(21)12(9-20)16(14)27-18/h1-6,9,15,20,22,25H,7-8,21H2,(H,23,24,26). The number of carbonyl (C=O) groups excluding carboxylic acids is 1. The first-order valence-electron chi connectivity index (χ1n) is 8.15. The Hall–Kier alpha value is -2.68. The lowest BCUT2D eigenvalue weighted by atomic mass is 10.2. The van der Waals surface area contributed by atoms with Crippen LogP contribution >= 0.6 is 22.9 Å². The quantitative estimate of drug-likeness (QED) is 0.305. The Kier molecular flexibility index (Phi) is 5.90. The lowest BCUT2D eigenvalue weighted by Gasteiger charge is -2.18. The Morgan fingerprint density at radius 2 is 2.07 bits per heavy atom. The molecule has 3 aromatic rings. The van der Waals surface area contributed by atoms with E-state index >= 15 is 0 Å². The second kappa shape index (κ2) is 8.34. The van der Waals surface area contributed by atoms with Crippen LogP contribution in [-0.2, 0) is 4.79 Å². The number of amides is 1. The maximum atomic E-state index is 12.7. The van der Waals surface area contributed by atoms with Crippen LogP contribution in [0.5, 0.6) is 0 Å². The topological polar surface area (TPSA) is 124 Å². The first-order valence-corrected chi connectivity index (χ1v) is 9.34. The summed E-state index contributed by atoms with van der Waals surface area (Å²) in [6.45, 7) is -0.146. The molecule has 0 aliphatic carbocycles. The number of halogens is 1. The van der Waals surface area contributed by atoms with E-state index in [1.807, 2.05) is 0 Å². The molecule has 1 amide bonds. The van der Waals surface area contributed by atoms with Crippen LogP contribution < -0.4 is 16.4 Å². The Bertz CT molecular complexity index is 974. The van der Waals surface area contributed by atoms with Gasteiger partial charge in [0.2, 0.25) is 5.91 Å². The van der Waals surface area contributed by atoms with Gasteiger partial charge in [0.15, 0.2) is 5.13 Å². The molecule has 1 aromatic heterocycles. The number of nitrogens with two attached hydrogens (primary N) is 1. The van der Waals surface area contributed by atoms with E-state index in [1.165, 1.54) is 17.6 Å². The molecule has 0 saturated heterocycles. The van der Waals surface area contributed by atoms with Gasteiger partial charge in [0.05, 0.1) is 10.2 Å². The summed E-state index contributed by atoms with van der Waals surface area (Å²) < 4.78 is 0.740. The largest absolute Gasteiger partial charge is 0.398 e. The highest BCUT2D eigenvalue weighted by Gasteiger charge is 2.20. The predicted molar refractivity (Wildman–Crippen MR) is 111 cm³/mol. The molecule has 2 aromatic carbocycles. The van der Waals surface area contributed by atoms with Crippen LogP contribution in [0, 0.1) is 5.41 Å². The number of carbonyl (C=O) groups is 1. The van der Waals surface area contributed by atoms with Crippen LogP contribution in [-0.4, -0.2) is 34.9 Å². The SMILES string of the molecule is N=Cc1c(N)ccc2nc(NC(=O)C(CCO)Nc3ccc(Cl)cc3)sc12. The van der Waals surface area contributed by atoms with Crippen LogP contribution in [0.3, 0.4) is 0 Å². The van der Waals surface area contributed by atoms with Crippen LogP contribution in [0.15, 0.2) is 36.4 Å². The first-order chi connectivity index (χ1) is 13.0. The first kappa shape index (κ1) is 19.1. The Labute approximate surface area is 164 Å². The van der Waals surface area contributed by atoms with Gasteiger partial charge in [0.25, 0.3) is 0 Å². The van der Waals surface area contributed by atoms with Crippen molar-refractivity contribution in [2.75, 3.05) is 23.0 Å². The van der Waals surface area contributed by atoms with Crippen LogP contribution in [0.2, 0.25) is 5.02 Å². The van der Waals surface area contributed by atoms with Crippen molar-refractivity contribution in [3.8, 4) is 0 Å². The van der Waals surface area contributed by atoms with E-state index < -0.39 is 6.04 Å². The Morgan fingerprint density at radius 3 is 2.74 bits per heavy atom. The van der Waals surface area contributed by atoms with Crippen LogP contribution in [0.25, 0.3) is 10.2 Å². The molecule has 27 heavy (non-hydrogen) atoms. The minimum atomic E-state index is -0.643. The number of fused-ring (bicyclic) bond motifs is 1. The summed E-state index contributed by atoms with van der Waals surface area (Å²) in [5, 5.41) is 23.7. The lowest BCUT2D eigenvalue weighted by Crippen LogP contribution is -2.35. The van der Waals surface area contributed by atoms with Gasteiger partial charge in [-0.2, -0.15) is 0 Å². The number of rotatable bonds is 7. The van der Waals surface area contributed by atoms with Crippen molar-refractivity contribution >= 4 is 61.8 Å². The maximum absolute atomic E-state index is 12.7. The van der Waals surface area contributed by atoms with Gasteiger partial charge in [0.1, 0.15) is 6.04 Å². The average Bonchev–Trinajstić information content (AvgIpc) is 3.05. The fourth-order valence-electron chi connectivity index (χ4n) is 2.57. The molecule has 0 fully saturated rings. The molecular weight excluding hydrogens is 386 g/mol. The van der Waals surface area contributed by atoms with Gasteiger partial charge in [-0.3, -0.25) is 4.79 Å². The van der Waals surface area contributed by atoms with Crippen molar-refractivity contribution in [1.29, 1.82) is 5.41 Å². The predicted octanol–water partition coefficient (Wildman–Crippen LogP) is 3.33. The molecule has 0 aliphatic rings. The number of thiazole rings is 1. The molecule has 0 radical (unpaired) electrons. The highest BCUT2D eigenvalue weighted by atomic mass is 35.5. The molecule has 0 spiro atoms. The second-order valence-corrected chi connectivity index (χ2v) is 7.22. The van der Waals surface area contributed by atoms with Gasteiger partial charge in [-0.1, -0.05) is 22.9 Å². The molecule has 0 bridgehead atoms. The smallest absolute Gasteiger partial charge is 0.248 e. The summed E-state index contributed by atoms with van der Waals surface area (Å²) in [6, 6.07) is 9.75. The minimum Gasteiger partial charge on any atom is -0.398 e. The third-order valence-electron chi connectivity index (χ3n) is 3.92. The zero-order chi connectivity index (χ0) is 19.4. The zero-order valence-corrected chi connectivity index (χ0v) is 15.8. The summed E-state index contributed by atoms with van der Waals surface area (Å²) in [4.78, 5) is 17.0. The number of aliphatic hydroxyl groups is 1. The summed E-state index contributed by atoms with van der Waals surface area (Å²) in [7, 11) is 0. The van der Waals surface area contributed by atoms with Gasteiger partial charge in [-0.15, -0.1) is 0 Å². The van der Waals surface area contributed by atoms with Gasteiger partial charge in [0, 0.05) is 34.8 Å². The van der Waals surface area contributed by atoms with E-state index in [0.717, 1.165) is 10.4 Å². The Balaban J connectivity index is 1.79. The molecule has 1 atom stereocenters. The van der Waals surface area contributed by atoms with Crippen molar-refractivity contribution in [2.24, 2.45) is 0 Å². The zero-order valence-electron chi connectivity index (χ0n) is 14.2. The van der Waals surface area contributed by atoms with Gasteiger partial charge in [-0.25, -0.2) is 4.98 Å². The number of hydrogen-bond acceptors (Lipinski definition) is 7. The summed E-state index contributed by atoms with van der Waals surface area (Å²) in [5.41, 5.74) is 8.33. The van der Waals surface area contributed by atoms with Gasteiger partial charge < -0.3 is 26.9 Å². The van der Waals surface area contributed by atoms with Gasteiger partial charge in [-0.05, 0) is 42.8 Å². The Morgan fingerprint density at radius 1 is 1.33 bits per heavy atom. The number of nitrogens with zero attached hydrogens (tertiary/aromatic N) is 1. The number of benzene rings is 2. The van der Waals surface area contributed by atoms with Crippen molar-refractivity contribution in [3.05, 3.63) is 47.0 Å². The highest BCUT2D eigenvalue weighted by Crippen LogP contribution is 2.31. The summed E-state index contributed by atoms with van der Waals surface area (Å²) >= 11 is 7.13. The van der Waals surface area contributed by atoms with E-state index in [4.69, 9.17) is 22.7 Å². The molecule has 1 unspecified atom stereocenters. The van der Waals surface area contributed by atoms with E-state index in [-0.39, 0.29) is 18.9 Å². The van der Waals surface area contributed by atoms with Crippen molar-refractivity contribution in [3.63, 3.8) is 0 Å². The van der Waals surface area contributed by atoms with Crippen LogP contribution in [0.4, 0.5) is 16.5 Å². The average molecular weight is 404 g/mol. The second-order valence-electron chi connectivity index (χ2n) is 5.79. The molecular formula is C18H18ClN5O2S. The van der Waals surface area contributed by atoms with Crippen molar-refractivity contribution < 1.29 is 9.90 Å². The number of aromatic nitrogens is 1. The van der Waals surface area contributed by atoms with Crippen molar-refractivity contribution in [2.45, 2.75) is 12.5 Å². The molecule has 0 aliphatic heterocycles. The van der Waals surface area contributed by atoms with E-state index in [2.05, 4.69) is 15.6 Å². The number of nitrogens with one attached hydrogen (secondary N) is 3. The third kappa shape index (κ3) is 4.36.